The van der Waals surface area contributed by atoms with Gasteiger partial charge in [0, 0.05) is 25.6 Å². The van der Waals surface area contributed by atoms with E-state index in [1.54, 1.807) is 13.1 Å². The lowest BCUT2D eigenvalue weighted by Crippen LogP contribution is -2.55. The molecule has 152 valence electrons. The standard InChI is InChI=1S/C23H22N4O3/c1-27-20(28)23(26-21(27)25)13-22(8-3-9-29-14-22)30-19-7-6-17(11-18(19)23)16-5-2-4-15(10-16)12-24/h2,4-7,10-11H,3,8-9,13-14H2,1H3,(H2,25,26)/t22-,23?/m1/s1. The first kappa shape index (κ1) is 18.6. The highest BCUT2D eigenvalue weighted by molar-refractivity contribution is 6.07. The Balaban J connectivity index is 1.68. The molecule has 7 nitrogen and oxygen atoms in total. The van der Waals surface area contributed by atoms with Gasteiger partial charge in [0.25, 0.3) is 5.91 Å². The number of hydrogen-bond donors (Lipinski definition) is 1. The Hall–Kier alpha value is -3.37. The molecule has 5 rings (SSSR count). The van der Waals surface area contributed by atoms with Crippen molar-refractivity contribution in [3.05, 3.63) is 53.6 Å². The Bertz CT molecular complexity index is 1110. The number of carbonyl (C=O) groups is 1. The van der Waals surface area contributed by atoms with Crippen LogP contribution in [-0.2, 0) is 15.1 Å². The summed E-state index contributed by atoms with van der Waals surface area (Å²) in [7, 11) is 1.65. The van der Waals surface area contributed by atoms with Gasteiger partial charge in [-0.1, -0.05) is 18.2 Å². The van der Waals surface area contributed by atoms with Crippen LogP contribution in [0.4, 0.5) is 0 Å². The number of rotatable bonds is 1. The maximum Gasteiger partial charge on any atom is 0.261 e. The molecule has 2 aromatic carbocycles. The normalized spacial score (nSPS) is 27.5. The number of benzene rings is 2. The van der Waals surface area contributed by atoms with Crippen molar-refractivity contribution in [1.82, 2.24) is 4.90 Å². The number of nitrogens with zero attached hydrogens (tertiary/aromatic N) is 3. The third-order valence-corrected chi connectivity index (χ3v) is 6.25. The smallest absolute Gasteiger partial charge is 0.261 e. The molecular formula is C23H22N4O3. The number of amides is 1. The van der Waals surface area contributed by atoms with Gasteiger partial charge in [0.2, 0.25) is 0 Å². The van der Waals surface area contributed by atoms with Crippen LogP contribution >= 0.6 is 0 Å². The molecule has 0 aliphatic carbocycles. The summed E-state index contributed by atoms with van der Waals surface area (Å²) in [6.45, 7) is 1.12. The summed E-state index contributed by atoms with van der Waals surface area (Å²) in [5.74, 6) is 0.682. The molecule has 1 fully saturated rings. The second kappa shape index (κ2) is 6.57. The van der Waals surface area contributed by atoms with E-state index < -0.39 is 11.1 Å². The lowest BCUT2D eigenvalue weighted by Gasteiger charge is -2.46. The molecule has 7 heteroatoms. The highest BCUT2D eigenvalue weighted by Crippen LogP contribution is 2.51. The number of fused-ring (bicyclic) bond motifs is 2. The fourth-order valence-corrected chi connectivity index (χ4v) is 4.76. The summed E-state index contributed by atoms with van der Waals surface area (Å²) in [6.07, 6.45) is 2.05. The molecule has 3 heterocycles. The van der Waals surface area contributed by atoms with E-state index in [1.807, 2.05) is 36.4 Å². The second-order valence-electron chi connectivity index (χ2n) is 8.22. The van der Waals surface area contributed by atoms with Gasteiger partial charge in [0.1, 0.15) is 11.4 Å². The molecule has 1 unspecified atom stereocenters. The minimum absolute atomic E-state index is 0.155. The molecule has 0 bridgehead atoms. The zero-order chi connectivity index (χ0) is 20.9. The Morgan fingerprint density at radius 2 is 2.07 bits per heavy atom. The fourth-order valence-electron chi connectivity index (χ4n) is 4.76. The third-order valence-electron chi connectivity index (χ3n) is 6.25. The van der Waals surface area contributed by atoms with E-state index in [4.69, 9.17) is 15.2 Å². The second-order valence-corrected chi connectivity index (χ2v) is 8.22. The van der Waals surface area contributed by atoms with Crippen molar-refractivity contribution < 1.29 is 14.3 Å². The number of aliphatic imine (C=N–C) groups is 1. The van der Waals surface area contributed by atoms with Gasteiger partial charge in [0.05, 0.1) is 18.2 Å². The molecular weight excluding hydrogens is 380 g/mol. The summed E-state index contributed by atoms with van der Waals surface area (Å²) in [6, 6.07) is 15.3. The highest BCUT2D eigenvalue weighted by atomic mass is 16.5. The monoisotopic (exact) mass is 402 g/mol. The van der Waals surface area contributed by atoms with Crippen molar-refractivity contribution in [2.75, 3.05) is 20.3 Å². The molecule has 2 spiro atoms. The van der Waals surface area contributed by atoms with Gasteiger partial charge in [-0.15, -0.1) is 0 Å². The van der Waals surface area contributed by atoms with Gasteiger partial charge < -0.3 is 15.2 Å². The van der Waals surface area contributed by atoms with Gasteiger partial charge in [-0.25, -0.2) is 4.99 Å². The van der Waals surface area contributed by atoms with Crippen LogP contribution in [0.3, 0.4) is 0 Å². The average Bonchev–Trinajstić information content (AvgIpc) is 2.98. The molecule has 2 N–H and O–H groups in total. The minimum atomic E-state index is -1.13. The number of guanidine groups is 1. The van der Waals surface area contributed by atoms with E-state index in [9.17, 15) is 10.1 Å². The van der Waals surface area contributed by atoms with Crippen LogP contribution in [0.15, 0.2) is 47.5 Å². The van der Waals surface area contributed by atoms with E-state index in [2.05, 4.69) is 11.1 Å². The lowest BCUT2D eigenvalue weighted by molar-refractivity contribution is -0.139. The summed E-state index contributed by atoms with van der Waals surface area (Å²) >= 11 is 0. The molecule has 1 saturated heterocycles. The first-order valence-electron chi connectivity index (χ1n) is 10.0. The van der Waals surface area contributed by atoms with Crippen LogP contribution in [0.2, 0.25) is 0 Å². The van der Waals surface area contributed by atoms with Gasteiger partial charge in [-0.05, 0) is 48.2 Å². The van der Waals surface area contributed by atoms with Crippen LogP contribution in [0.1, 0.15) is 30.4 Å². The molecule has 1 amide bonds. The van der Waals surface area contributed by atoms with Crippen molar-refractivity contribution in [3.63, 3.8) is 0 Å². The maximum absolute atomic E-state index is 13.4. The van der Waals surface area contributed by atoms with Gasteiger partial charge >= 0.3 is 0 Å². The summed E-state index contributed by atoms with van der Waals surface area (Å²) in [5, 5.41) is 9.24. The molecule has 0 saturated carbocycles. The first-order valence-corrected chi connectivity index (χ1v) is 10.0. The fraction of sp³-hybridized carbons (Fsp3) is 0.348. The molecule has 2 atom stereocenters. The first-order chi connectivity index (χ1) is 14.5. The van der Waals surface area contributed by atoms with E-state index in [0.29, 0.717) is 36.5 Å². The minimum Gasteiger partial charge on any atom is -0.484 e. The molecule has 0 aromatic heterocycles. The predicted octanol–water partition coefficient (Wildman–Crippen LogP) is 2.54. The zero-order valence-corrected chi connectivity index (χ0v) is 16.7. The quantitative estimate of drug-likeness (QED) is 0.790. The number of nitrogens with two attached hydrogens (primary N) is 1. The van der Waals surface area contributed by atoms with E-state index in [1.165, 1.54) is 4.90 Å². The molecule has 0 radical (unpaired) electrons. The maximum atomic E-state index is 13.4. The van der Waals surface area contributed by atoms with Crippen molar-refractivity contribution in [3.8, 4) is 22.9 Å². The number of likely N-dealkylation sites (N-methyl/N-ethyl adjacent to an activating group) is 1. The predicted molar refractivity (Wildman–Crippen MR) is 111 cm³/mol. The number of ether oxygens (including phenoxy) is 2. The zero-order valence-electron chi connectivity index (χ0n) is 16.7. The third kappa shape index (κ3) is 2.68. The average molecular weight is 402 g/mol. The Morgan fingerprint density at radius 3 is 2.77 bits per heavy atom. The summed E-state index contributed by atoms with van der Waals surface area (Å²) < 4.78 is 12.2. The van der Waals surface area contributed by atoms with Crippen molar-refractivity contribution >= 4 is 11.9 Å². The van der Waals surface area contributed by atoms with Gasteiger partial charge in [-0.3, -0.25) is 9.69 Å². The van der Waals surface area contributed by atoms with E-state index in [-0.39, 0.29) is 11.9 Å². The summed E-state index contributed by atoms with van der Waals surface area (Å²) in [5.41, 5.74) is 7.42. The van der Waals surface area contributed by atoms with Crippen LogP contribution < -0.4 is 10.5 Å². The topological polar surface area (TPSA) is 101 Å². The summed E-state index contributed by atoms with van der Waals surface area (Å²) in [4.78, 5) is 19.5. The Kier molecular flexibility index (Phi) is 4.09. The molecule has 30 heavy (non-hydrogen) atoms. The van der Waals surface area contributed by atoms with Gasteiger partial charge in [0.15, 0.2) is 11.5 Å². The van der Waals surface area contributed by atoms with Gasteiger partial charge in [-0.2, -0.15) is 5.26 Å². The number of nitriles is 1. The lowest BCUT2D eigenvalue weighted by atomic mass is 9.74. The largest absolute Gasteiger partial charge is 0.484 e. The Morgan fingerprint density at radius 1 is 1.23 bits per heavy atom. The van der Waals surface area contributed by atoms with E-state index in [0.717, 1.165) is 24.0 Å². The Labute approximate surface area is 174 Å². The van der Waals surface area contributed by atoms with Crippen molar-refractivity contribution in [1.29, 1.82) is 5.26 Å². The number of carbonyl (C=O) groups excluding carboxylic acids is 1. The number of hydrogen-bond acceptors (Lipinski definition) is 6. The molecule has 3 aliphatic rings. The van der Waals surface area contributed by atoms with Crippen molar-refractivity contribution in [2.45, 2.75) is 30.4 Å². The SMILES string of the molecule is CN1C(=O)C2(C[C@@]3(CCCOC3)Oc3ccc(-c4cccc(C#N)c4)cc32)N=C1N. The van der Waals surface area contributed by atoms with Crippen molar-refractivity contribution in [2.24, 2.45) is 10.7 Å². The van der Waals surface area contributed by atoms with Crippen LogP contribution in [0.5, 0.6) is 5.75 Å². The molecule has 3 aliphatic heterocycles. The van der Waals surface area contributed by atoms with Crippen LogP contribution in [-0.4, -0.2) is 42.6 Å². The highest BCUT2D eigenvalue weighted by Gasteiger charge is 2.58. The van der Waals surface area contributed by atoms with Crippen LogP contribution in [0.25, 0.3) is 11.1 Å². The van der Waals surface area contributed by atoms with E-state index >= 15 is 0 Å². The van der Waals surface area contributed by atoms with Crippen LogP contribution in [0, 0.1) is 11.3 Å². The molecule has 2 aromatic rings.